The number of ketones is 2. The van der Waals surface area contributed by atoms with Crippen molar-refractivity contribution in [2.45, 2.75) is 108 Å². The number of carbonyl (C=O) groups is 7. The predicted molar refractivity (Wildman–Crippen MR) is 203 cm³/mol. The summed E-state index contributed by atoms with van der Waals surface area (Å²) < 4.78 is 0. The first-order chi connectivity index (χ1) is 26.0. The number of hydrogen-bond acceptors (Lipinski definition) is 8. The molecule has 0 saturated carbocycles. The number of benzene rings is 2. The van der Waals surface area contributed by atoms with Crippen molar-refractivity contribution in [2.75, 3.05) is 19.6 Å². The number of nitrogens with two attached hydrogens (primary N) is 1. The first kappa shape index (κ1) is 45.0. The highest BCUT2D eigenvalue weighted by Crippen LogP contribution is 2.17. The summed E-state index contributed by atoms with van der Waals surface area (Å²) in [6.45, 7) is 0.671. The number of carbonyl (C=O) groups excluding carboxylic acids is 5. The first-order valence-corrected chi connectivity index (χ1v) is 18.9. The normalized spacial score (nSPS) is 12.5. The van der Waals surface area contributed by atoms with Gasteiger partial charge < -0.3 is 37.2 Å². The van der Waals surface area contributed by atoms with Gasteiger partial charge in [0.1, 0.15) is 11.8 Å². The minimum atomic E-state index is -1.26. The van der Waals surface area contributed by atoms with Gasteiger partial charge in [-0.3, -0.25) is 24.0 Å². The molecule has 3 atom stereocenters. The van der Waals surface area contributed by atoms with Gasteiger partial charge in [0, 0.05) is 57.7 Å². The van der Waals surface area contributed by atoms with E-state index in [1.165, 1.54) is 0 Å². The molecule has 1 unspecified atom stereocenters. The monoisotopic (exact) mass is 751 g/mol. The molecule has 2 rings (SSSR count). The zero-order valence-electron chi connectivity index (χ0n) is 31.1. The zero-order valence-corrected chi connectivity index (χ0v) is 31.1. The molecule has 0 saturated heterocycles. The Morgan fingerprint density at radius 3 is 1.80 bits per heavy atom. The van der Waals surface area contributed by atoms with Crippen LogP contribution in [0.4, 0.5) is 4.79 Å². The quantitative estimate of drug-likeness (QED) is 0.0596. The third kappa shape index (κ3) is 20.2. The van der Waals surface area contributed by atoms with E-state index in [-0.39, 0.29) is 75.0 Å². The molecule has 0 aliphatic rings. The van der Waals surface area contributed by atoms with Gasteiger partial charge in [-0.15, -0.1) is 0 Å². The lowest BCUT2D eigenvalue weighted by atomic mass is 9.89. The molecule has 0 aromatic heterocycles. The number of carboxylic acid groups (broad SMARTS) is 2. The van der Waals surface area contributed by atoms with Crippen molar-refractivity contribution in [1.29, 1.82) is 0 Å². The number of aliphatic carboxylic acids is 2. The predicted octanol–water partition coefficient (Wildman–Crippen LogP) is 3.69. The summed E-state index contributed by atoms with van der Waals surface area (Å²) in [4.78, 5) is 86.1. The maximum atomic E-state index is 13.7. The average Bonchev–Trinajstić information content (AvgIpc) is 3.15. The van der Waals surface area contributed by atoms with E-state index in [2.05, 4.69) is 21.3 Å². The molecule has 296 valence electrons. The number of Topliss-reactive ketones (excluding diaryl/α,β-unsaturated/α-hetero) is 2. The fraction of sp³-hybridized carbons (Fsp3) is 0.525. The smallest absolute Gasteiger partial charge is 0.326 e. The van der Waals surface area contributed by atoms with Crippen LogP contribution in [-0.4, -0.2) is 83.3 Å². The molecule has 0 bridgehead atoms. The molecule has 0 heterocycles. The van der Waals surface area contributed by atoms with Crippen LogP contribution in [0, 0.1) is 5.92 Å². The Balaban J connectivity index is 1.75. The van der Waals surface area contributed by atoms with Crippen LogP contribution in [0.25, 0.3) is 0 Å². The van der Waals surface area contributed by atoms with E-state index in [1.807, 2.05) is 60.7 Å². The van der Waals surface area contributed by atoms with Crippen molar-refractivity contribution in [3.8, 4) is 0 Å². The second-order valence-electron chi connectivity index (χ2n) is 13.4. The van der Waals surface area contributed by atoms with Gasteiger partial charge >= 0.3 is 18.0 Å². The SMILES string of the molecule is NCCNC(=O)[C@@H](CC(=O)[C@H](Cc1ccccc1)NC(=O)CCCCCCCCC(=O)CCC(NC(=O)NCCCC(=O)O)C(=O)O)Cc1ccccc1. The van der Waals surface area contributed by atoms with Crippen LogP contribution < -0.4 is 27.0 Å². The van der Waals surface area contributed by atoms with Crippen LogP contribution in [0.5, 0.6) is 0 Å². The number of rotatable bonds is 29. The Morgan fingerprint density at radius 1 is 0.611 bits per heavy atom. The lowest BCUT2D eigenvalue weighted by Crippen LogP contribution is -2.46. The number of carboxylic acids is 2. The van der Waals surface area contributed by atoms with Gasteiger partial charge in [-0.1, -0.05) is 86.3 Å². The highest BCUT2D eigenvalue weighted by atomic mass is 16.4. The molecule has 54 heavy (non-hydrogen) atoms. The number of urea groups is 1. The number of amides is 4. The topological polar surface area (TPSA) is 234 Å². The molecule has 0 aliphatic carbocycles. The van der Waals surface area contributed by atoms with Crippen LogP contribution in [0.15, 0.2) is 60.7 Å². The summed E-state index contributed by atoms with van der Waals surface area (Å²) in [5.74, 6) is -3.65. The van der Waals surface area contributed by atoms with Gasteiger partial charge in [-0.25, -0.2) is 9.59 Å². The second-order valence-corrected chi connectivity index (χ2v) is 13.4. The van der Waals surface area contributed by atoms with Crippen LogP contribution in [-0.2, 0) is 41.6 Å². The number of unbranched alkanes of at least 4 members (excludes halogenated alkanes) is 5. The van der Waals surface area contributed by atoms with Crippen LogP contribution in [0.2, 0.25) is 0 Å². The molecule has 8 N–H and O–H groups in total. The summed E-state index contributed by atoms with van der Waals surface area (Å²) in [6, 6.07) is 16.2. The lowest BCUT2D eigenvalue weighted by molar-refractivity contribution is -0.139. The minimum absolute atomic E-state index is 0.00824. The van der Waals surface area contributed by atoms with Crippen molar-refractivity contribution in [3.05, 3.63) is 71.8 Å². The largest absolute Gasteiger partial charge is 0.481 e. The molecule has 0 fully saturated rings. The Labute approximate surface area is 317 Å². The highest BCUT2D eigenvalue weighted by Gasteiger charge is 2.28. The third-order valence-electron chi connectivity index (χ3n) is 8.87. The van der Waals surface area contributed by atoms with Gasteiger partial charge in [0.2, 0.25) is 11.8 Å². The van der Waals surface area contributed by atoms with E-state index in [9.17, 15) is 38.7 Å². The van der Waals surface area contributed by atoms with E-state index >= 15 is 0 Å². The molecular formula is C40H57N5O9. The third-order valence-corrected chi connectivity index (χ3v) is 8.87. The number of hydrogen-bond donors (Lipinski definition) is 7. The van der Waals surface area contributed by atoms with Gasteiger partial charge in [-0.05, 0) is 49.7 Å². The van der Waals surface area contributed by atoms with Gasteiger partial charge in [0.15, 0.2) is 5.78 Å². The highest BCUT2D eigenvalue weighted by molar-refractivity contribution is 5.93. The second kappa shape index (κ2) is 26.6. The van der Waals surface area contributed by atoms with E-state index in [1.54, 1.807) is 0 Å². The Morgan fingerprint density at radius 2 is 1.20 bits per heavy atom. The van der Waals surface area contributed by atoms with Crippen molar-refractivity contribution >= 4 is 41.4 Å². The molecule has 14 heteroatoms. The van der Waals surface area contributed by atoms with E-state index in [4.69, 9.17) is 10.8 Å². The van der Waals surface area contributed by atoms with Crippen LogP contribution in [0.3, 0.4) is 0 Å². The zero-order chi connectivity index (χ0) is 39.6. The van der Waals surface area contributed by atoms with Crippen molar-refractivity contribution < 1.29 is 43.8 Å². The maximum absolute atomic E-state index is 13.7. The molecule has 0 radical (unpaired) electrons. The average molecular weight is 752 g/mol. The van der Waals surface area contributed by atoms with Gasteiger partial charge in [0.05, 0.1) is 6.04 Å². The summed E-state index contributed by atoms with van der Waals surface area (Å²) in [7, 11) is 0. The molecule has 0 aliphatic heterocycles. The summed E-state index contributed by atoms with van der Waals surface area (Å²) in [5.41, 5.74) is 7.42. The molecule has 2 aromatic carbocycles. The number of nitrogens with one attached hydrogen (secondary N) is 4. The Bertz CT molecular complexity index is 1470. The first-order valence-electron chi connectivity index (χ1n) is 18.9. The summed E-state index contributed by atoms with van der Waals surface area (Å²) in [6.07, 6.45) is 5.86. The van der Waals surface area contributed by atoms with Crippen molar-refractivity contribution in [1.82, 2.24) is 21.3 Å². The van der Waals surface area contributed by atoms with Crippen LogP contribution in [0.1, 0.15) is 94.6 Å². The van der Waals surface area contributed by atoms with Crippen molar-refractivity contribution in [2.24, 2.45) is 11.7 Å². The fourth-order valence-corrected chi connectivity index (χ4v) is 5.90. The maximum Gasteiger partial charge on any atom is 0.326 e. The molecule has 0 spiro atoms. The molecule has 2 aromatic rings. The molecular weight excluding hydrogens is 694 g/mol. The van der Waals surface area contributed by atoms with E-state index in [0.717, 1.165) is 36.8 Å². The fourth-order valence-electron chi connectivity index (χ4n) is 5.90. The van der Waals surface area contributed by atoms with E-state index < -0.39 is 36.0 Å². The summed E-state index contributed by atoms with van der Waals surface area (Å²) >= 11 is 0. The van der Waals surface area contributed by atoms with Crippen molar-refractivity contribution in [3.63, 3.8) is 0 Å². The van der Waals surface area contributed by atoms with Gasteiger partial charge in [0.25, 0.3) is 0 Å². The minimum Gasteiger partial charge on any atom is -0.481 e. The van der Waals surface area contributed by atoms with E-state index in [0.29, 0.717) is 38.6 Å². The van der Waals surface area contributed by atoms with Crippen LogP contribution >= 0.6 is 0 Å². The van der Waals surface area contributed by atoms with Gasteiger partial charge in [-0.2, -0.15) is 0 Å². The Hall–Kier alpha value is -5.11. The molecule has 14 nitrogen and oxygen atoms in total. The standard InChI is InChI=1S/C40H57N5O9/c41-23-25-42-38(51)31(26-29-14-7-5-8-15-29)28-35(47)34(27-30-16-9-6-10-17-30)44-36(48)19-12-4-2-1-3-11-18-32(46)21-22-33(39(52)53)45-40(54)43-24-13-20-37(49)50/h5-10,14-17,31,33-34H,1-4,11-13,18-28,41H2,(H,42,51)(H,44,48)(H,49,50)(H,52,53)(H2,43,45,54)/t31-,33?,34+/m1/s1. The summed E-state index contributed by atoms with van der Waals surface area (Å²) in [5, 5.41) is 28.5. The lowest BCUT2D eigenvalue weighted by Gasteiger charge is -2.22. The Kier molecular flexibility index (Phi) is 22.2. The molecule has 4 amide bonds.